The fourth-order valence-corrected chi connectivity index (χ4v) is 3.78. The zero-order valence-electron chi connectivity index (χ0n) is 12.5. The summed E-state index contributed by atoms with van der Waals surface area (Å²) in [6.45, 7) is 9.95. The van der Waals surface area contributed by atoms with Gasteiger partial charge in [0.2, 0.25) is 0 Å². The molecule has 0 aromatic heterocycles. The predicted octanol–water partition coefficient (Wildman–Crippen LogP) is 3.28. The molecule has 2 aliphatic rings. The third-order valence-corrected chi connectivity index (χ3v) is 4.87. The lowest BCUT2D eigenvalue weighted by atomic mass is 9.94. The monoisotopic (exact) mass is 252 g/mol. The van der Waals surface area contributed by atoms with E-state index in [1.165, 1.54) is 71.1 Å². The maximum Gasteiger partial charge on any atom is 0.0197 e. The molecule has 0 radical (unpaired) electrons. The Morgan fingerprint density at radius 2 is 2.06 bits per heavy atom. The van der Waals surface area contributed by atoms with E-state index in [9.17, 15) is 0 Å². The van der Waals surface area contributed by atoms with Crippen molar-refractivity contribution in [2.75, 3.05) is 26.2 Å². The molecule has 0 aromatic rings. The number of nitrogens with one attached hydrogen (secondary N) is 1. The lowest BCUT2D eigenvalue weighted by Crippen LogP contribution is -2.45. The van der Waals surface area contributed by atoms with Crippen LogP contribution in [0.5, 0.6) is 0 Å². The van der Waals surface area contributed by atoms with Crippen molar-refractivity contribution in [3.05, 3.63) is 0 Å². The third kappa shape index (κ3) is 4.55. The van der Waals surface area contributed by atoms with Crippen LogP contribution in [0.1, 0.15) is 58.8 Å². The number of piperidine rings is 1. The molecule has 0 amide bonds. The van der Waals surface area contributed by atoms with Gasteiger partial charge in [-0.1, -0.05) is 26.7 Å². The van der Waals surface area contributed by atoms with Crippen LogP contribution in [0.4, 0.5) is 0 Å². The molecule has 2 heteroatoms. The third-order valence-electron chi connectivity index (χ3n) is 4.87. The Balaban J connectivity index is 1.72. The molecular formula is C16H32N2. The Hall–Kier alpha value is -0.0800. The summed E-state index contributed by atoms with van der Waals surface area (Å²) in [4.78, 5) is 2.73. The van der Waals surface area contributed by atoms with Gasteiger partial charge in [0, 0.05) is 12.6 Å². The molecule has 2 heterocycles. The van der Waals surface area contributed by atoms with Gasteiger partial charge in [-0.3, -0.25) is 0 Å². The van der Waals surface area contributed by atoms with Gasteiger partial charge in [-0.2, -0.15) is 0 Å². The van der Waals surface area contributed by atoms with E-state index in [0.29, 0.717) is 0 Å². The number of nitrogens with zero attached hydrogens (tertiary/aromatic N) is 1. The first kappa shape index (κ1) is 14.3. The van der Waals surface area contributed by atoms with Crippen molar-refractivity contribution < 1.29 is 0 Å². The molecule has 3 unspecified atom stereocenters. The fourth-order valence-electron chi connectivity index (χ4n) is 3.78. The molecule has 18 heavy (non-hydrogen) atoms. The SMILES string of the molecule is CCCC1CCCN(CC2CC(C)CCN2)CC1. The van der Waals surface area contributed by atoms with Crippen LogP contribution < -0.4 is 5.32 Å². The van der Waals surface area contributed by atoms with Crippen molar-refractivity contribution in [3.8, 4) is 0 Å². The van der Waals surface area contributed by atoms with Crippen LogP contribution in [0.25, 0.3) is 0 Å². The van der Waals surface area contributed by atoms with E-state index in [1.54, 1.807) is 0 Å². The van der Waals surface area contributed by atoms with Crippen molar-refractivity contribution in [3.63, 3.8) is 0 Å². The van der Waals surface area contributed by atoms with E-state index >= 15 is 0 Å². The van der Waals surface area contributed by atoms with E-state index in [-0.39, 0.29) is 0 Å². The second kappa shape index (κ2) is 7.49. The van der Waals surface area contributed by atoms with Crippen molar-refractivity contribution >= 4 is 0 Å². The summed E-state index contributed by atoms with van der Waals surface area (Å²) in [6, 6.07) is 0.761. The molecule has 0 bridgehead atoms. The van der Waals surface area contributed by atoms with E-state index in [4.69, 9.17) is 0 Å². The van der Waals surface area contributed by atoms with Gasteiger partial charge >= 0.3 is 0 Å². The van der Waals surface area contributed by atoms with Crippen LogP contribution >= 0.6 is 0 Å². The Kier molecular flexibility index (Phi) is 5.97. The van der Waals surface area contributed by atoms with Crippen LogP contribution in [0.15, 0.2) is 0 Å². The first-order chi connectivity index (χ1) is 8.78. The minimum absolute atomic E-state index is 0.761. The van der Waals surface area contributed by atoms with Gasteiger partial charge in [0.15, 0.2) is 0 Å². The average Bonchev–Trinajstić information content (AvgIpc) is 2.56. The first-order valence-corrected chi connectivity index (χ1v) is 8.23. The molecular weight excluding hydrogens is 220 g/mol. The lowest BCUT2D eigenvalue weighted by Gasteiger charge is -2.32. The van der Waals surface area contributed by atoms with Gasteiger partial charge in [0.1, 0.15) is 0 Å². The van der Waals surface area contributed by atoms with Gasteiger partial charge in [0.25, 0.3) is 0 Å². The van der Waals surface area contributed by atoms with Crippen LogP contribution in [0.2, 0.25) is 0 Å². The molecule has 2 aliphatic heterocycles. The summed E-state index contributed by atoms with van der Waals surface area (Å²) < 4.78 is 0. The number of likely N-dealkylation sites (tertiary alicyclic amines) is 1. The minimum Gasteiger partial charge on any atom is -0.313 e. The van der Waals surface area contributed by atoms with E-state index in [1.807, 2.05) is 0 Å². The molecule has 0 spiro atoms. The van der Waals surface area contributed by atoms with Gasteiger partial charge in [0.05, 0.1) is 0 Å². The first-order valence-electron chi connectivity index (χ1n) is 8.23. The molecule has 2 fully saturated rings. The largest absolute Gasteiger partial charge is 0.313 e. The summed E-state index contributed by atoms with van der Waals surface area (Å²) in [5.41, 5.74) is 0. The van der Waals surface area contributed by atoms with Gasteiger partial charge in [-0.25, -0.2) is 0 Å². The van der Waals surface area contributed by atoms with E-state index in [2.05, 4.69) is 24.1 Å². The number of hydrogen-bond acceptors (Lipinski definition) is 2. The molecule has 2 saturated heterocycles. The van der Waals surface area contributed by atoms with Crippen molar-refractivity contribution in [2.24, 2.45) is 11.8 Å². The summed E-state index contributed by atoms with van der Waals surface area (Å²) in [5.74, 6) is 1.94. The van der Waals surface area contributed by atoms with Crippen molar-refractivity contribution in [2.45, 2.75) is 64.8 Å². The molecule has 2 nitrogen and oxygen atoms in total. The van der Waals surface area contributed by atoms with Crippen LogP contribution in [0.3, 0.4) is 0 Å². The average molecular weight is 252 g/mol. The Labute approximate surface area is 114 Å². The van der Waals surface area contributed by atoms with E-state index < -0.39 is 0 Å². The summed E-state index contributed by atoms with van der Waals surface area (Å²) in [5, 5.41) is 3.71. The van der Waals surface area contributed by atoms with Crippen molar-refractivity contribution in [1.82, 2.24) is 10.2 Å². The maximum absolute atomic E-state index is 3.71. The topological polar surface area (TPSA) is 15.3 Å². The maximum atomic E-state index is 3.71. The quantitative estimate of drug-likeness (QED) is 0.826. The van der Waals surface area contributed by atoms with Gasteiger partial charge in [-0.05, 0) is 63.6 Å². The minimum atomic E-state index is 0.761. The molecule has 0 aliphatic carbocycles. The second-order valence-electron chi connectivity index (χ2n) is 6.67. The Morgan fingerprint density at radius 3 is 2.83 bits per heavy atom. The molecule has 1 N–H and O–H groups in total. The number of hydrogen-bond donors (Lipinski definition) is 1. The predicted molar refractivity (Wildman–Crippen MR) is 78.9 cm³/mol. The molecule has 3 atom stereocenters. The fraction of sp³-hybridized carbons (Fsp3) is 1.00. The molecule has 2 rings (SSSR count). The molecule has 0 saturated carbocycles. The summed E-state index contributed by atoms with van der Waals surface area (Å²) in [7, 11) is 0. The van der Waals surface area contributed by atoms with Gasteiger partial charge < -0.3 is 10.2 Å². The second-order valence-corrected chi connectivity index (χ2v) is 6.67. The van der Waals surface area contributed by atoms with Gasteiger partial charge in [-0.15, -0.1) is 0 Å². The Bertz CT molecular complexity index is 229. The summed E-state index contributed by atoms with van der Waals surface area (Å²) in [6.07, 6.45) is 9.91. The highest BCUT2D eigenvalue weighted by Gasteiger charge is 2.22. The lowest BCUT2D eigenvalue weighted by molar-refractivity contribution is 0.209. The highest BCUT2D eigenvalue weighted by Crippen LogP contribution is 2.23. The zero-order valence-corrected chi connectivity index (χ0v) is 12.5. The van der Waals surface area contributed by atoms with E-state index in [0.717, 1.165) is 17.9 Å². The molecule has 0 aromatic carbocycles. The van der Waals surface area contributed by atoms with Crippen LogP contribution in [-0.2, 0) is 0 Å². The standard InChI is InChI=1S/C16H32N2/c1-3-5-15-6-4-10-18(11-8-15)13-16-12-14(2)7-9-17-16/h14-17H,3-13H2,1-2H3. The normalized spacial score (nSPS) is 35.3. The smallest absolute Gasteiger partial charge is 0.0197 e. The van der Waals surface area contributed by atoms with Crippen LogP contribution in [0, 0.1) is 11.8 Å². The van der Waals surface area contributed by atoms with Crippen molar-refractivity contribution in [1.29, 1.82) is 0 Å². The Morgan fingerprint density at radius 1 is 1.17 bits per heavy atom. The summed E-state index contributed by atoms with van der Waals surface area (Å²) >= 11 is 0. The highest BCUT2D eigenvalue weighted by atomic mass is 15.1. The van der Waals surface area contributed by atoms with Crippen LogP contribution in [-0.4, -0.2) is 37.1 Å². The molecule has 106 valence electrons. The highest BCUT2D eigenvalue weighted by molar-refractivity contribution is 4.80. The zero-order chi connectivity index (χ0) is 12.8. The number of rotatable bonds is 4.